The van der Waals surface area contributed by atoms with E-state index in [4.69, 9.17) is 14.9 Å². The lowest BCUT2D eigenvalue weighted by molar-refractivity contribution is 0.193. The molecule has 1 aromatic heterocycles. The Morgan fingerprint density at radius 1 is 1.53 bits per heavy atom. The first kappa shape index (κ1) is 10.4. The van der Waals surface area contributed by atoms with Gasteiger partial charge in [-0.25, -0.2) is 0 Å². The van der Waals surface area contributed by atoms with E-state index in [1.54, 1.807) is 0 Å². The Labute approximate surface area is 88.4 Å². The standard InChI is InChI=1S/C9H16N4O2/c1-6(10)8-11-12-9(15-8)13(2)7-3-4-14-5-7/h6-7H,3-5,10H2,1-2H3. The van der Waals surface area contributed by atoms with Crippen LogP contribution in [0.4, 0.5) is 6.01 Å². The number of hydrogen-bond donors (Lipinski definition) is 1. The van der Waals surface area contributed by atoms with Gasteiger partial charge in [-0.15, -0.1) is 5.10 Å². The van der Waals surface area contributed by atoms with Gasteiger partial charge in [0.2, 0.25) is 5.89 Å². The van der Waals surface area contributed by atoms with Gasteiger partial charge in [-0.2, -0.15) is 0 Å². The fourth-order valence-electron chi connectivity index (χ4n) is 1.54. The Morgan fingerprint density at radius 3 is 2.87 bits per heavy atom. The van der Waals surface area contributed by atoms with Crippen LogP contribution in [-0.2, 0) is 4.74 Å². The van der Waals surface area contributed by atoms with Crippen molar-refractivity contribution in [1.82, 2.24) is 10.2 Å². The van der Waals surface area contributed by atoms with Crippen molar-refractivity contribution >= 4 is 6.01 Å². The van der Waals surface area contributed by atoms with Crippen LogP contribution in [0.3, 0.4) is 0 Å². The summed E-state index contributed by atoms with van der Waals surface area (Å²) < 4.78 is 10.7. The first-order chi connectivity index (χ1) is 7.18. The molecule has 0 radical (unpaired) electrons. The van der Waals surface area contributed by atoms with Crippen molar-refractivity contribution < 1.29 is 9.15 Å². The molecule has 1 fully saturated rings. The number of nitrogens with two attached hydrogens (primary N) is 1. The first-order valence-corrected chi connectivity index (χ1v) is 5.08. The van der Waals surface area contributed by atoms with Gasteiger partial charge in [-0.3, -0.25) is 0 Å². The van der Waals surface area contributed by atoms with Crippen LogP contribution in [-0.4, -0.2) is 36.5 Å². The zero-order valence-corrected chi connectivity index (χ0v) is 9.01. The molecule has 0 bridgehead atoms. The summed E-state index contributed by atoms with van der Waals surface area (Å²) in [6.45, 7) is 3.33. The molecule has 0 aliphatic carbocycles. The highest BCUT2D eigenvalue weighted by molar-refractivity contribution is 5.25. The molecule has 0 spiro atoms. The van der Waals surface area contributed by atoms with Crippen LogP contribution in [0.2, 0.25) is 0 Å². The average Bonchev–Trinajstić information content (AvgIpc) is 2.88. The summed E-state index contributed by atoms with van der Waals surface area (Å²) in [7, 11) is 1.93. The van der Waals surface area contributed by atoms with Crippen LogP contribution < -0.4 is 10.6 Å². The van der Waals surface area contributed by atoms with E-state index < -0.39 is 0 Å². The Bertz CT molecular complexity index is 320. The molecule has 2 heterocycles. The summed E-state index contributed by atoms with van der Waals surface area (Å²) in [6.07, 6.45) is 0.992. The summed E-state index contributed by atoms with van der Waals surface area (Å²) in [5, 5.41) is 7.84. The molecule has 84 valence electrons. The summed E-state index contributed by atoms with van der Waals surface area (Å²) in [5.74, 6) is 0.468. The van der Waals surface area contributed by atoms with E-state index >= 15 is 0 Å². The summed E-state index contributed by atoms with van der Waals surface area (Å²) in [4.78, 5) is 1.95. The van der Waals surface area contributed by atoms with Gasteiger partial charge in [0, 0.05) is 13.7 Å². The lowest BCUT2D eigenvalue weighted by Crippen LogP contribution is -2.31. The number of ether oxygens (including phenoxy) is 1. The predicted molar refractivity (Wildman–Crippen MR) is 54.5 cm³/mol. The number of anilines is 1. The van der Waals surface area contributed by atoms with Gasteiger partial charge in [-0.05, 0) is 13.3 Å². The molecule has 1 aromatic rings. The van der Waals surface area contributed by atoms with Crippen LogP contribution in [0.1, 0.15) is 25.3 Å². The minimum absolute atomic E-state index is 0.223. The van der Waals surface area contributed by atoms with E-state index in [9.17, 15) is 0 Å². The third-order valence-electron chi connectivity index (χ3n) is 2.57. The number of nitrogens with zero attached hydrogens (tertiary/aromatic N) is 3. The Kier molecular flexibility index (Phi) is 2.88. The maximum absolute atomic E-state index is 5.64. The highest BCUT2D eigenvalue weighted by Gasteiger charge is 2.24. The molecule has 0 aromatic carbocycles. The molecule has 1 aliphatic rings. The van der Waals surface area contributed by atoms with E-state index in [2.05, 4.69) is 10.2 Å². The zero-order valence-electron chi connectivity index (χ0n) is 9.01. The normalized spacial score (nSPS) is 23.0. The summed E-state index contributed by atoms with van der Waals surface area (Å²) in [5.41, 5.74) is 5.64. The van der Waals surface area contributed by atoms with Crippen molar-refractivity contribution in [2.24, 2.45) is 5.73 Å². The lowest BCUT2D eigenvalue weighted by Gasteiger charge is -2.19. The molecule has 2 rings (SSSR count). The molecule has 15 heavy (non-hydrogen) atoms. The number of aromatic nitrogens is 2. The predicted octanol–water partition coefficient (Wildman–Crippen LogP) is 0.314. The molecular formula is C9H16N4O2. The molecule has 1 saturated heterocycles. The zero-order chi connectivity index (χ0) is 10.8. The fraction of sp³-hybridized carbons (Fsp3) is 0.778. The van der Waals surface area contributed by atoms with E-state index in [0.29, 0.717) is 24.6 Å². The number of hydrogen-bond acceptors (Lipinski definition) is 6. The van der Waals surface area contributed by atoms with Crippen molar-refractivity contribution in [2.75, 3.05) is 25.2 Å². The molecule has 1 aliphatic heterocycles. The Morgan fingerprint density at radius 2 is 2.33 bits per heavy atom. The Hall–Kier alpha value is -1.14. The van der Waals surface area contributed by atoms with Gasteiger partial charge in [0.1, 0.15) is 0 Å². The third-order valence-corrected chi connectivity index (χ3v) is 2.57. The van der Waals surface area contributed by atoms with Gasteiger partial charge in [0.05, 0.1) is 18.7 Å². The highest BCUT2D eigenvalue weighted by Crippen LogP contribution is 2.20. The lowest BCUT2D eigenvalue weighted by atomic mass is 10.2. The minimum Gasteiger partial charge on any atom is -0.406 e. The smallest absolute Gasteiger partial charge is 0.318 e. The quantitative estimate of drug-likeness (QED) is 0.777. The topological polar surface area (TPSA) is 77.4 Å². The van der Waals surface area contributed by atoms with Crippen molar-refractivity contribution in [2.45, 2.75) is 25.4 Å². The molecule has 2 N–H and O–H groups in total. The molecule has 2 atom stereocenters. The molecular weight excluding hydrogens is 196 g/mol. The van der Waals surface area contributed by atoms with Crippen molar-refractivity contribution in [3.8, 4) is 0 Å². The second-order valence-corrected chi connectivity index (χ2v) is 3.84. The van der Waals surface area contributed by atoms with Gasteiger partial charge >= 0.3 is 6.01 Å². The number of likely N-dealkylation sites (N-methyl/N-ethyl adjacent to an activating group) is 1. The van der Waals surface area contributed by atoms with Crippen LogP contribution in [0, 0.1) is 0 Å². The van der Waals surface area contributed by atoms with Crippen molar-refractivity contribution in [1.29, 1.82) is 0 Å². The average molecular weight is 212 g/mol. The van der Waals surface area contributed by atoms with Crippen LogP contribution in [0.5, 0.6) is 0 Å². The molecule has 6 nitrogen and oxygen atoms in total. The molecule has 0 amide bonds. The van der Waals surface area contributed by atoms with Crippen LogP contribution in [0.25, 0.3) is 0 Å². The second kappa shape index (κ2) is 4.16. The monoisotopic (exact) mass is 212 g/mol. The number of rotatable bonds is 3. The molecule has 6 heteroatoms. The van der Waals surface area contributed by atoms with Crippen LogP contribution >= 0.6 is 0 Å². The second-order valence-electron chi connectivity index (χ2n) is 3.84. The Balaban J connectivity index is 2.07. The summed E-state index contributed by atoms with van der Waals surface area (Å²) >= 11 is 0. The van der Waals surface area contributed by atoms with E-state index in [-0.39, 0.29) is 6.04 Å². The largest absolute Gasteiger partial charge is 0.406 e. The van der Waals surface area contributed by atoms with Crippen molar-refractivity contribution in [3.05, 3.63) is 5.89 Å². The summed E-state index contributed by atoms with van der Waals surface area (Å²) in [6, 6.07) is 0.614. The van der Waals surface area contributed by atoms with Crippen LogP contribution in [0.15, 0.2) is 4.42 Å². The maximum Gasteiger partial charge on any atom is 0.318 e. The minimum atomic E-state index is -0.223. The SMILES string of the molecule is CC(N)c1nnc(N(C)C2CCOC2)o1. The van der Waals surface area contributed by atoms with Gasteiger partial charge < -0.3 is 19.8 Å². The maximum atomic E-state index is 5.64. The van der Waals surface area contributed by atoms with E-state index in [0.717, 1.165) is 13.0 Å². The van der Waals surface area contributed by atoms with E-state index in [1.807, 2.05) is 18.9 Å². The van der Waals surface area contributed by atoms with Gasteiger partial charge in [0.15, 0.2) is 0 Å². The fourth-order valence-corrected chi connectivity index (χ4v) is 1.54. The van der Waals surface area contributed by atoms with Gasteiger partial charge in [0.25, 0.3) is 0 Å². The third kappa shape index (κ3) is 2.10. The molecule has 0 saturated carbocycles. The van der Waals surface area contributed by atoms with E-state index in [1.165, 1.54) is 0 Å². The highest BCUT2D eigenvalue weighted by atomic mass is 16.5. The first-order valence-electron chi connectivity index (χ1n) is 5.08. The van der Waals surface area contributed by atoms with Gasteiger partial charge in [-0.1, -0.05) is 5.10 Å². The van der Waals surface area contributed by atoms with Crippen molar-refractivity contribution in [3.63, 3.8) is 0 Å². The molecule has 2 unspecified atom stereocenters.